The summed E-state index contributed by atoms with van der Waals surface area (Å²) in [6.45, 7) is 5.22. The number of hydrogen-bond acceptors (Lipinski definition) is 3. The highest BCUT2D eigenvalue weighted by molar-refractivity contribution is 5.85. The van der Waals surface area contributed by atoms with Crippen molar-refractivity contribution in [2.45, 2.75) is 19.0 Å². The second-order valence-corrected chi connectivity index (χ2v) is 5.56. The minimum absolute atomic E-state index is 0.0268. The highest BCUT2D eigenvalue weighted by Crippen LogP contribution is 2.28. The molecule has 102 valence electrons. The van der Waals surface area contributed by atoms with Crippen molar-refractivity contribution in [1.29, 1.82) is 0 Å². The molecule has 0 amide bonds. The lowest BCUT2D eigenvalue weighted by molar-refractivity contribution is 0.220. The average molecular weight is 258 g/mol. The Morgan fingerprint density at radius 1 is 1.37 bits per heavy atom. The Balaban J connectivity index is 1.96. The smallest absolute Gasteiger partial charge is 0.0487 e. The first-order chi connectivity index (χ1) is 9.16. The summed E-state index contributed by atoms with van der Waals surface area (Å²) in [7, 11) is 2.16. The minimum Gasteiger partial charge on any atom is -0.358 e. The lowest BCUT2D eigenvalue weighted by atomic mass is 9.96. The fourth-order valence-electron chi connectivity index (χ4n) is 3.10. The molecule has 4 nitrogen and oxygen atoms in total. The first-order valence-electron chi connectivity index (χ1n) is 6.91. The zero-order chi connectivity index (χ0) is 13.4. The maximum absolute atomic E-state index is 6.53. The molecule has 2 aromatic rings. The van der Waals surface area contributed by atoms with E-state index in [1.54, 1.807) is 0 Å². The van der Waals surface area contributed by atoms with Gasteiger partial charge in [-0.3, -0.25) is 0 Å². The second kappa shape index (κ2) is 4.96. The third-order valence-electron chi connectivity index (χ3n) is 4.12. The Bertz CT molecular complexity index is 575. The van der Waals surface area contributed by atoms with Crippen LogP contribution in [0.2, 0.25) is 0 Å². The molecule has 4 N–H and O–H groups in total. The molecule has 0 radical (unpaired) electrons. The van der Waals surface area contributed by atoms with Crippen molar-refractivity contribution in [2.24, 2.45) is 5.73 Å². The van der Waals surface area contributed by atoms with E-state index in [1.165, 1.54) is 22.2 Å². The number of rotatable bonds is 2. The van der Waals surface area contributed by atoms with Crippen molar-refractivity contribution in [2.75, 3.05) is 26.7 Å². The van der Waals surface area contributed by atoms with Gasteiger partial charge in [0, 0.05) is 48.3 Å². The Kier molecular flexibility index (Phi) is 3.31. The molecular weight excluding hydrogens is 236 g/mol. The summed E-state index contributed by atoms with van der Waals surface area (Å²) in [5.74, 6) is 0. The molecule has 1 aromatic heterocycles. The molecule has 0 spiro atoms. The lowest BCUT2D eigenvalue weighted by Gasteiger charge is -2.34. The van der Waals surface area contributed by atoms with Gasteiger partial charge in [0.05, 0.1) is 0 Å². The van der Waals surface area contributed by atoms with Crippen molar-refractivity contribution >= 4 is 10.9 Å². The zero-order valence-electron chi connectivity index (χ0n) is 11.6. The molecule has 2 heterocycles. The van der Waals surface area contributed by atoms with E-state index < -0.39 is 0 Å². The third-order valence-corrected chi connectivity index (χ3v) is 4.12. The van der Waals surface area contributed by atoms with Crippen molar-refractivity contribution < 1.29 is 0 Å². The molecule has 2 atom stereocenters. The number of nitrogens with two attached hydrogens (primary N) is 1. The van der Waals surface area contributed by atoms with E-state index >= 15 is 0 Å². The molecule has 1 saturated heterocycles. The summed E-state index contributed by atoms with van der Waals surface area (Å²) in [5.41, 5.74) is 10.1. The summed E-state index contributed by atoms with van der Waals surface area (Å²) in [6.07, 6.45) is 0. The fraction of sp³-hybridized carbons (Fsp3) is 0.467. The molecule has 0 bridgehead atoms. The predicted molar refractivity (Wildman–Crippen MR) is 79.3 cm³/mol. The molecule has 19 heavy (non-hydrogen) atoms. The highest BCUT2D eigenvalue weighted by atomic mass is 15.2. The van der Waals surface area contributed by atoms with E-state index in [2.05, 4.69) is 53.4 Å². The maximum Gasteiger partial charge on any atom is 0.0487 e. The van der Waals surface area contributed by atoms with Crippen LogP contribution in [0.15, 0.2) is 24.3 Å². The van der Waals surface area contributed by atoms with Gasteiger partial charge in [-0.2, -0.15) is 0 Å². The van der Waals surface area contributed by atoms with E-state index in [-0.39, 0.29) is 6.04 Å². The van der Waals surface area contributed by atoms with Crippen LogP contribution in [0.4, 0.5) is 0 Å². The molecule has 0 aliphatic carbocycles. The van der Waals surface area contributed by atoms with E-state index in [1.807, 2.05) is 0 Å². The van der Waals surface area contributed by atoms with Crippen LogP contribution < -0.4 is 11.1 Å². The highest BCUT2D eigenvalue weighted by Gasteiger charge is 2.26. The number of benzene rings is 1. The van der Waals surface area contributed by atoms with Crippen LogP contribution in [0, 0.1) is 6.92 Å². The molecule has 1 aliphatic heterocycles. The van der Waals surface area contributed by atoms with E-state index in [9.17, 15) is 0 Å². The van der Waals surface area contributed by atoms with Crippen LogP contribution in [0.3, 0.4) is 0 Å². The number of piperazine rings is 1. The third kappa shape index (κ3) is 2.27. The molecule has 1 fully saturated rings. The minimum atomic E-state index is 0.0268. The van der Waals surface area contributed by atoms with Gasteiger partial charge in [-0.25, -0.2) is 0 Å². The van der Waals surface area contributed by atoms with Crippen molar-refractivity contribution in [3.05, 3.63) is 35.5 Å². The van der Waals surface area contributed by atoms with Crippen LogP contribution in [-0.2, 0) is 0 Å². The maximum atomic E-state index is 6.53. The predicted octanol–water partition coefficient (Wildman–Crippen LogP) is 1.38. The van der Waals surface area contributed by atoms with Crippen LogP contribution in [0.1, 0.15) is 17.3 Å². The van der Waals surface area contributed by atoms with Gasteiger partial charge in [0.25, 0.3) is 0 Å². The summed E-state index contributed by atoms with van der Waals surface area (Å²) >= 11 is 0. The fourth-order valence-corrected chi connectivity index (χ4v) is 3.10. The largest absolute Gasteiger partial charge is 0.358 e. The van der Waals surface area contributed by atoms with Gasteiger partial charge >= 0.3 is 0 Å². The van der Waals surface area contributed by atoms with Crippen LogP contribution in [0.25, 0.3) is 10.9 Å². The molecule has 1 aromatic carbocycles. The number of likely N-dealkylation sites (N-methyl/N-ethyl adjacent to an activating group) is 1. The number of H-pyrrole nitrogens is 1. The number of aryl methyl sites for hydroxylation is 1. The first-order valence-corrected chi connectivity index (χ1v) is 6.91. The van der Waals surface area contributed by atoms with Crippen LogP contribution >= 0.6 is 0 Å². The van der Waals surface area contributed by atoms with Gasteiger partial charge in [0.15, 0.2) is 0 Å². The molecule has 1 aliphatic rings. The Hall–Kier alpha value is -1.36. The zero-order valence-corrected chi connectivity index (χ0v) is 11.6. The number of nitrogens with zero attached hydrogens (tertiary/aromatic N) is 1. The lowest BCUT2D eigenvalue weighted by Crippen LogP contribution is -2.53. The monoisotopic (exact) mass is 258 g/mol. The van der Waals surface area contributed by atoms with Gasteiger partial charge in [-0.15, -0.1) is 0 Å². The summed E-state index contributed by atoms with van der Waals surface area (Å²) < 4.78 is 0. The molecule has 4 heteroatoms. The standard InChI is InChI=1S/C15H22N4/c1-10-14(11-5-3-4-6-12(11)18-10)15(16)13-9-19(2)8-7-17-13/h3-6,13,15,17-18H,7-9,16H2,1-2H3. The first kappa shape index (κ1) is 12.7. The van der Waals surface area contributed by atoms with E-state index in [0.29, 0.717) is 6.04 Å². The molecular formula is C15H22N4. The molecule has 2 unspecified atom stereocenters. The van der Waals surface area contributed by atoms with Gasteiger partial charge < -0.3 is 20.9 Å². The van der Waals surface area contributed by atoms with E-state index in [0.717, 1.165) is 19.6 Å². The van der Waals surface area contributed by atoms with Crippen LogP contribution in [0.5, 0.6) is 0 Å². The van der Waals surface area contributed by atoms with Crippen molar-refractivity contribution in [3.63, 3.8) is 0 Å². The van der Waals surface area contributed by atoms with Crippen molar-refractivity contribution in [3.8, 4) is 0 Å². The second-order valence-electron chi connectivity index (χ2n) is 5.56. The number of hydrogen-bond donors (Lipinski definition) is 3. The quantitative estimate of drug-likeness (QED) is 0.763. The average Bonchev–Trinajstić information content (AvgIpc) is 2.74. The van der Waals surface area contributed by atoms with Gasteiger partial charge in [0.1, 0.15) is 0 Å². The summed E-state index contributed by atoms with van der Waals surface area (Å²) in [5, 5.41) is 4.80. The number of nitrogens with one attached hydrogen (secondary N) is 2. The number of aromatic nitrogens is 1. The van der Waals surface area contributed by atoms with Gasteiger partial charge in [0.2, 0.25) is 0 Å². The Labute approximate surface area is 114 Å². The summed E-state index contributed by atoms with van der Waals surface area (Å²) in [4.78, 5) is 5.78. The van der Waals surface area contributed by atoms with Gasteiger partial charge in [-0.1, -0.05) is 18.2 Å². The normalized spacial score (nSPS) is 22.8. The SMILES string of the molecule is Cc1[nH]c2ccccc2c1C(N)C1CN(C)CCN1. The summed E-state index contributed by atoms with van der Waals surface area (Å²) in [6, 6.07) is 8.74. The number of para-hydroxylation sites is 1. The molecule has 0 saturated carbocycles. The van der Waals surface area contributed by atoms with Gasteiger partial charge in [-0.05, 0) is 25.6 Å². The topological polar surface area (TPSA) is 57.1 Å². The van der Waals surface area contributed by atoms with Crippen LogP contribution in [-0.4, -0.2) is 42.6 Å². The molecule has 3 rings (SSSR count). The number of aromatic amines is 1. The number of fused-ring (bicyclic) bond motifs is 1. The van der Waals surface area contributed by atoms with E-state index in [4.69, 9.17) is 5.73 Å². The Morgan fingerprint density at radius 3 is 2.95 bits per heavy atom. The Morgan fingerprint density at radius 2 is 2.16 bits per heavy atom. The van der Waals surface area contributed by atoms with Crippen molar-refractivity contribution in [1.82, 2.24) is 15.2 Å².